The van der Waals surface area contributed by atoms with Gasteiger partial charge in [-0.3, -0.25) is 14.9 Å². The van der Waals surface area contributed by atoms with Crippen LogP contribution in [0.3, 0.4) is 0 Å². The lowest BCUT2D eigenvalue weighted by Crippen LogP contribution is -2.32. The van der Waals surface area contributed by atoms with E-state index in [1.807, 2.05) is 31.2 Å². The molecule has 0 atom stereocenters. The van der Waals surface area contributed by atoms with Crippen molar-refractivity contribution in [1.29, 1.82) is 0 Å². The molecule has 0 unspecified atom stereocenters. The molecule has 144 valence electrons. The van der Waals surface area contributed by atoms with Crippen molar-refractivity contribution in [2.45, 2.75) is 13.5 Å². The first-order chi connectivity index (χ1) is 13.5. The predicted molar refractivity (Wildman–Crippen MR) is 103 cm³/mol. The number of nitro benzene ring substituents is 1. The van der Waals surface area contributed by atoms with Gasteiger partial charge in [-0.05, 0) is 24.3 Å². The molecule has 3 aromatic rings. The van der Waals surface area contributed by atoms with Crippen LogP contribution in [0.1, 0.15) is 5.56 Å². The van der Waals surface area contributed by atoms with E-state index in [0.717, 1.165) is 16.8 Å². The fourth-order valence-corrected chi connectivity index (χ4v) is 2.42. The van der Waals surface area contributed by atoms with Crippen molar-refractivity contribution in [3.63, 3.8) is 0 Å². The molecule has 0 aliphatic heterocycles. The number of benzene rings is 2. The molecule has 0 aliphatic carbocycles. The first-order valence-electron chi connectivity index (χ1n) is 8.61. The molecule has 28 heavy (non-hydrogen) atoms. The van der Waals surface area contributed by atoms with Gasteiger partial charge in [0, 0.05) is 36.5 Å². The van der Waals surface area contributed by atoms with E-state index >= 15 is 0 Å². The molecule has 0 saturated heterocycles. The molecular formula is C18H19N7O3. The quantitative estimate of drug-likeness (QED) is 0.346. The van der Waals surface area contributed by atoms with Gasteiger partial charge in [-0.1, -0.05) is 29.8 Å². The summed E-state index contributed by atoms with van der Waals surface area (Å²) >= 11 is 0. The zero-order chi connectivity index (χ0) is 19.9. The molecule has 1 amide bonds. The van der Waals surface area contributed by atoms with Gasteiger partial charge in [0.25, 0.3) is 5.69 Å². The number of rotatable bonds is 8. The summed E-state index contributed by atoms with van der Waals surface area (Å²) in [6.45, 7) is 2.82. The number of aromatic nitrogens is 4. The maximum atomic E-state index is 12.0. The molecule has 2 N–H and O–H groups in total. The van der Waals surface area contributed by atoms with Crippen molar-refractivity contribution in [1.82, 2.24) is 25.5 Å². The summed E-state index contributed by atoms with van der Waals surface area (Å²) in [6.07, 6.45) is 0. The highest BCUT2D eigenvalue weighted by Crippen LogP contribution is 2.15. The molecule has 0 saturated carbocycles. The topological polar surface area (TPSA) is 128 Å². The lowest BCUT2D eigenvalue weighted by molar-refractivity contribution is -0.384. The molecule has 3 rings (SSSR count). The summed E-state index contributed by atoms with van der Waals surface area (Å²) in [5, 5.41) is 28.5. The van der Waals surface area contributed by atoms with Crippen LogP contribution in [0, 0.1) is 17.0 Å². The third-order valence-electron chi connectivity index (χ3n) is 3.90. The number of hydrogen-bond acceptors (Lipinski definition) is 7. The molecule has 0 aliphatic rings. The number of tetrazole rings is 1. The molecule has 2 aromatic carbocycles. The van der Waals surface area contributed by atoms with Crippen LogP contribution in [0.25, 0.3) is 11.4 Å². The Morgan fingerprint density at radius 1 is 1.11 bits per heavy atom. The molecule has 0 fully saturated rings. The summed E-state index contributed by atoms with van der Waals surface area (Å²) in [6, 6.07) is 13.8. The van der Waals surface area contributed by atoms with Crippen molar-refractivity contribution < 1.29 is 9.72 Å². The Bertz CT molecular complexity index is 952. The fourth-order valence-electron chi connectivity index (χ4n) is 2.42. The summed E-state index contributed by atoms with van der Waals surface area (Å²) in [4.78, 5) is 23.4. The third-order valence-corrected chi connectivity index (χ3v) is 3.90. The number of non-ortho nitro benzene ring substituents is 1. The van der Waals surface area contributed by atoms with Crippen molar-refractivity contribution in [3.05, 3.63) is 64.2 Å². The van der Waals surface area contributed by atoms with Gasteiger partial charge in [-0.2, -0.15) is 4.80 Å². The van der Waals surface area contributed by atoms with Crippen LogP contribution in [0.5, 0.6) is 0 Å². The number of anilines is 1. The zero-order valence-corrected chi connectivity index (χ0v) is 15.2. The van der Waals surface area contributed by atoms with Crippen LogP contribution < -0.4 is 10.6 Å². The average molecular weight is 381 g/mol. The number of nitro groups is 1. The first kappa shape index (κ1) is 19.0. The molecule has 0 radical (unpaired) electrons. The third kappa shape index (κ3) is 5.10. The summed E-state index contributed by atoms with van der Waals surface area (Å²) in [7, 11) is 0. The number of carbonyl (C=O) groups is 1. The van der Waals surface area contributed by atoms with Crippen molar-refractivity contribution in [2.75, 3.05) is 18.4 Å². The Hall–Kier alpha value is -3.82. The van der Waals surface area contributed by atoms with Crippen LogP contribution >= 0.6 is 0 Å². The van der Waals surface area contributed by atoms with E-state index < -0.39 is 4.92 Å². The molecule has 0 bridgehead atoms. The van der Waals surface area contributed by atoms with Gasteiger partial charge in [-0.25, -0.2) is 0 Å². The Balaban J connectivity index is 1.42. The molecule has 0 spiro atoms. The normalized spacial score (nSPS) is 10.5. The number of hydrogen-bond donors (Lipinski definition) is 2. The summed E-state index contributed by atoms with van der Waals surface area (Å²) < 4.78 is 0. The lowest BCUT2D eigenvalue weighted by Gasteiger charge is -2.07. The zero-order valence-electron chi connectivity index (χ0n) is 15.2. The van der Waals surface area contributed by atoms with E-state index in [0.29, 0.717) is 18.9 Å². The average Bonchev–Trinajstić information content (AvgIpc) is 3.14. The minimum Gasteiger partial charge on any atom is -0.383 e. The molecule has 10 heteroatoms. The van der Waals surface area contributed by atoms with E-state index in [2.05, 4.69) is 26.0 Å². The molecule has 10 nitrogen and oxygen atoms in total. The number of carbonyl (C=O) groups excluding carboxylic acids is 1. The van der Waals surface area contributed by atoms with Gasteiger partial charge in [0.05, 0.1) is 4.92 Å². The highest BCUT2D eigenvalue weighted by molar-refractivity contribution is 5.75. The van der Waals surface area contributed by atoms with E-state index in [1.165, 1.54) is 16.9 Å². The molecular weight excluding hydrogens is 362 g/mol. The lowest BCUT2D eigenvalue weighted by atomic mass is 10.1. The number of nitrogens with zero attached hydrogens (tertiary/aromatic N) is 5. The second-order valence-electron chi connectivity index (χ2n) is 6.09. The Morgan fingerprint density at radius 2 is 1.82 bits per heavy atom. The summed E-state index contributed by atoms with van der Waals surface area (Å²) in [5.41, 5.74) is 2.74. The van der Waals surface area contributed by atoms with Gasteiger partial charge < -0.3 is 10.6 Å². The van der Waals surface area contributed by atoms with Crippen LogP contribution in [-0.2, 0) is 11.3 Å². The maximum absolute atomic E-state index is 12.0. The minimum atomic E-state index is -0.452. The van der Waals surface area contributed by atoms with E-state index in [4.69, 9.17) is 0 Å². The van der Waals surface area contributed by atoms with Gasteiger partial charge in [-0.15, -0.1) is 10.2 Å². The van der Waals surface area contributed by atoms with E-state index in [1.54, 1.807) is 12.1 Å². The Kier molecular flexibility index (Phi) is 5.90. The number of nitrogens with one attached hydrogen (secondary N) is 2. The highest BCUT2D eigenvalue weighted by Gasteiger charge is 2.09. The van der Waals surface area contributed by atoms with Gasteiger partial charge >= 0.3 is 0 Å². The van der Waals surface area contributed by atoms with Crippen LogP contribution in [0.4, 0.5) is 11.4 Å². The number of amides is 1. The Labute approximate surface area is 160 Å². The van der Waals surface area contributed by atoms with Crippen molar-refractivity contribution in [3.8, 4) is 11.4 Å². The van der Waals surface area contributed by atoms with Gasteiger partial charge in [0.15, 0.2) is 0 Å². The highest BCUT2D eigenvalue weighted by atomic mass is 16.6. The van der Waals surface area contributed by atoms with Crippen molar-refractivity contribution >= 4 is 17.3 Å². The van der Waals surface area contributed by atoms with E-state index in [9.17, 15) is 14.9 Å². The second-order valence-corrected chi connectivity index (χ2v) is 6.09. The smallest absolute Gasteiger partial charge is 0.269 e. The fraction of sp³-hybridized carbons (Fsp3) is 0.222. The SMILES string of the molecule is Cc1ccc(-c2nnn(CC(=O)NCCNc3ccc([N+](=O)[O-])cc3)n2)cc1. The Morgan fingerprint density at radius 3 is 2.50 bits per heavy atom. The maximum Gasteiger partial charge on any atom is 0.269 e. The standard InChI is InChI=1S/C18H19N7O3/c1-13-2-4-14(5-3-13)18-21-23-24(22-18)12-17(26)20-11-10-19-15-6-8-16(9-7-15)25(27)28/h2-9,19H,10-12H2,1H3,(H,20,26). The molecule has 1 aromatic heterocycles. The monoisotopic (exact) mass is 381 g/mol. The summed E-state index contributed by atoms with van der Waals surface area (Å²) in [5.74, 6) is 0.228. The van der Waals surface area contributed by atoms with Crippen molar-refractivity contribution in [2.24, 2.45) is 0 Å². The van der Waals surface area contributed by atoms with E-state index in [-0.39, 0.29) is 18.1 Å². The van der Waals surface area contributed by atoms with Gasteiger partial charge in [0.1, 0.15) is 6.54 Å². The predicted octanol–water partition coefficient (Wildman–Crippen LogP) is 1.79. The molecule has 1 heterocycles. The first-order valence-corrected chi connectivity index (χ1v) is 8.61. The largest absolute Gasteiger partial charge is 0.383 e. The number of aryl methyl sites for hydroxylation is 1. The minimum absolute atomic E-state index is 0.0314. The van der Waals surface area contributed by atoms with Crippen LogP contribution in [-0.4, -0.2) is 44.1 Å². The van der Waals surface area contributed by atoms with Crippen LogP contribution in [0.15, 0.2) is 48.5 Å². The second kappa shape index (κ2) is 8.71. The van der Waals surface area contributed by atoms with Crippen LogP contribution in [0.2, 0.25) is 0 Å². The van der Waals surface area contributed by atoms with Gasteiger partial charge in [0.2, 0.25) is 11.7 Å².